The van der Waals surface area contributed by atoms with Gasteiger partial charge in [-0.2, -0.15) is 10.2 Å². The number of morpholine rings is 1. The van der Waals surface area contributed by atoms with Gasteiger partial charge in [-0.3, -0.25) is 19.3 Å². The molecule has 230 valence electrons. The van der Waals surface area contributed by atoms with E-state index in [0.29, 0.717) is 24.9 Å². The van der Waals surface area contributed by atoms with Gasteiger partial charge in [0.05, 0.1) is 49.5 Å². The zero-order valence-corrected chi connectivity index (χ0v) is 25.6. The van der Waals surface area contributed by atoms with Crippen molar-refractivity contribution in [2.45, 2.75) is 32.4 Å². The van der Waals surface area contributed by atoms with Crippen LogP contribution < -0.4 is 11.1 Å². The minimum absolute atomic E-state index is 0.276. The van der Waals surface area contributed by atoms with Crippen molar-refractivity contribution in [2.24, 2.45) is 17.8 Å². The summed E-state index contributed by atoms with van der Waals surface area (Å²) in [5.41, 5.74) is 14.1. The Morgan fingerprint density at radius 1 is 1.18 bits per heavy atom. The molecule has 6 rings (SSSR count). The highest BCUT2D eigenvalue weighted by Gasteiger charge is 2.27. The van der Waals surface area contributed by atoms with Crippen molar-refractivity contribution in [1.82, 2.24) is 34.4 Å². The third kappa shape index (κ3) is 6.57. The zero-order chi connectivity index (χ0) is 30.5. The summed E-state index contributed by atoms with van der Waals surface area (Å²) in [6.07, 6.45) is 9.26. The summed E-state index contributed by atoms with van der Waals surface area (Å²) < 4.78 is 14.6. The average molecular weight is 597 g/mol. The number of anilines is 2. The van der Waals surface area contributed by atoms with Gasteiger partial charge in [-0.05, 0) is 30.9 Å². The smallest absolute Gasteiger partial charge is 0.228 e. The SMILES string of the molecule is COCCn1ccc(Nc2ncc3c(n2)-c2c(nn(C)c2-c2ccc(C(C=NCCN4CCO[C@@H](C)C4)=CN)cc2)CC3)n1. The second kappa shape index (κ2) is 13.5. The molecule has 1 saturated heterocycles. The van der Waals surface area contributed by atoms with E-state index >= 15 is 0 Å². The number of fused-ring (bicyclic) bond motifs is 3. The first-order chi connectivity index (χ1) is 21.5. The quantitative estimate of drug-likeness (QED) is 0.250. The molecule has 1 aliphatic carbocycles. The number of aryl methyl sites for hydroxylation is 3. The van der Waals surface area contributed by atoms with Crippen molar-refractivity contribution in [3.63, 3.8) is 0 Å². The molecule has 12 nitrogen and oxygen atoms in total. The zero-order valence-electron chi connectivity index (χ0n) is 25.6. The molecular weight excluding hydrogens is 556 g/mol. The highest BCUT2D eigenvalue weighted by Crippen LogP contribution is 2.39. The summed E-state index contributed by atoms with van der Waals surface area (Å²) in [7, 11) is 3.67. The van der Waals surface area contributed by atoms with Crippen molar-refractivity contribution in [2.75, 3.05) is 51.8 Å². The molecule has 0 spiro atoms. The van der Waals surface area contributed by atoms with E-state index in [4.69, 9.17) is 25.3 Å². The number of ether oxygens (including phenoxy) is 2. The fourth-order valence-electron chi connectivity index (χ4n) is 5.80. The first kappa shape index (κ1) is 29.7. The Morgan fingerprint density at radius 3 is 2.84 bits per heavy atom. The number of rotatable bonds is 11. The molecule has 1 atom stereocenters. The molecule has 3 aromatic heterocycles. The second-order valence-electron chi connectivity index (χ2n) is 11.2. The van der Waals surface area contributed by atoms with Gasteiger partial charge in [0.15, 0.2) is 5.82 Å². The predicted molar refractivity (Wildman–Crippen MR) is 172 cm³/mol. The van der Waals surface area contributed by atoms with Gasteiger partial charge in [-0.25, -0.2) is 9.97 Å². The fraction of sp³-hybridized carbons (Fsp3) is 0.406. The average Bonchev–Trinajstić information content (AvgIpc) is 3.63. The van der Waals surface area contributed by atoms with Crippen LogP contribution in [0.2, 0.25) is 0 Å². The van der Waals surface area contributed by atoms with E-state index in [9.17, 15) is 0 Å². The Hall–Kier alpha value is -4.39. The van der Waals surface area contributed by atoms with E-state index in [2.05, 4.69) is 56.5 Å². The van der Waals surface area contributed by atoms with Crippen molar-refractivity contribution >= 4 is 23.6 Å². The number of nitrogens with one attached hydrogen (secondary N) is 1. The second-order valence-corrected chi connectivity index (χ2v) is 11.2. The van der Waals surface area contributed by atoms with Crippen LogP contribution in [0.25, 0.3) is 28.1 Å². The van der Waals surface area contributed by atoms with Crippen LogP contribution >= 0.6 is 0 Å². The summed E-state index contributed by atoms with van der Waals surface area (Å²) in [5, 5.41) is 12.7. The van der Waals surface area contributed by atoms with Crippen LogP contribution in [0.15, 0.2) is 53.9 Å². The Morgan fingerprint density at radius 2 is 2.05 bits per heavy atom. The molecule has 1 aromatic carbocycles. The summed E-state index contributed by atoms with van der Waals surface area (Å²) in [6.45, 7) is 7.69. The molecule has 0 unspecified atom stereocenters. The summed E-state index contributed by atoms with van der Waals surface area (Å²) in [4.78, 5) is 16.6. The highest BCUT2D eigenvalue weighted by molar-refractivity contribution is 6.09. The van der Waals surface area contributed by atoms with Gasteiger partial charge in [-0.15, -0.1) is 0 Å². The van der Waals surface area contributed by atoms with Crippen molar-refractivity contribution < 1.29 is 9.47 Å². The normalized spacial score (nSPS) is 17.2. The monoisotopic (exact) mass is 596 g/mol. The minimum Gasteiger partial charge on any atom is -0.404 e. The molecule has 44 heavy (non-hydrogen) atoms. The predicted octanol–water partition coefficient (Wildman–Crippen LogP) is 3.32. The number of aliphatic imine (C=N–C) groups is 1. The number of allylic oxidation sites excluding steroid dienone is 1. The molecular formula is C32H40N10O2. The van der Waals surface area contributed by atoms with Gasteiger partial charge in [0.2, 0.25) is 5.95 Å². The Balaban J connectivity index is 1.19. The van der Waals surface area contributed by atoms with Crippen LogP contribution in [0.4, 0.5) is 11.8 Å². The van der Waals surface area contributed by atoms with Gasteiger partial charge < -0.3 is 20.5 Å². The molecule has 0 amide bonds. The summed E-state index contributed by atoms with van der Waals surface area (Å²) >= 11 is 0. The van der Waals surface area contributed by atoms with E-state index in [1.165, 1.54) is 0 Å². The lowest BCUT2D eigenvalue weighted by Crippen LogP contribution is -2.42. The molecule has 12 heteroatoms. The first-order valence-corrected chi connectivity index (χ1v) is 15.1. The summed E-state index contributed by atoms with van der Waals surface area (Å²) in [5.74, 6) is 1.18. The van der Waals surface area contributed by atoms with Crippen LogP contribution in [-0.2, 0) is 35.9 Å². The lowest BCUT2D eigenvalue weighted by Gasteiger charge is -2.30. The number of nitrogens with two attached hydrogens (primary N) is 1. The van der Waals surface area contributed by atoms with Crippen LogP contribution in [0, 0.1) is 0 Å². The Kier molecular flexibility index (Phi) is 9.10. The Bertz CT molecular complexity index is 1640. The van der Waals surface area contributed by atoms with Crippen LogP contribution in [0.1, 0.15) is 23.7 Å². The number of aromatic nitrogens is 6. The molecule has 0 saturated carbocycles. The largest absolute Gasteiger partial charge is 0.404 e. The maximum absolute atomic E-state index is 6.02. The van der Waals surface area contributed by atoms with Gasteiger partial charge in [0, 0.05) is 81.4 Å². The van der Waals surface area contributed by atoms with E-state index < -0.39 is 0 Å². The van der Waals surface area contributed by atoms with E-state index in [1.807, 2.05) is 41.1 Å². The molecule has 1 fully saturated rings. The molecule has 1 aliphatic heterocycles. The van der Waals surface area contributed by atoms with Gasteiger partial charge >= 0.3 is 0 Å². The highest BCUT2D eigenvalue weighted by atomic mass is 16.5. The van der Waals surface area contributed by atoms with Crippen molar-refractivity contribution in [3.8, 4) is 22.5 Å². The number of hydrogen-bond acceptors (Lipinski definition) is 10. The molecule has 0 radical (unpaired) electrons. The third-order valence-electron chi connectivity index (χ3n) is 8.03. The topological polar surface area (TPSA) is 134 Å². The lowest BCUT2D eigenvalue weighted by molar-refractivity contribution is -0.0169. The molecule has 3 N–H and O–H groups in total. The third-order valence-corrected chi connectivity index (χ3v) is 8.03. The lowest BCUT2D eigenvalue weighted by atomic mass is 9.91. The maximum Gasteiger partial charge on any atom is 0.228 e. The number of nitrogens with zero attached hydrogens (tertiary/aromatic N) is 8. The minimum atomic E-state index is 0.276. The van der Waals surface area contributed by atoms with E-state index in [1.54, 1.807) is 13.3 Å². The number of benzene rings is 1. The standard InChI is InChI=1S/C32H40N10O2/c1-22-21-41(14-17-44-22)13-11-34-19-26(18-33)23-4-6-24(7-5-23)31-29-27(38-40(31)2)9-8-25-20-35-32(37-30(25)29)36-28-10-12-42(39-28)15-16-43-3/h4-7,10,12,18-20,22H,8-9,11,13-17,21,33H2,1-3H3,(H,35,36,37,39)/t22-/m0/s1. The molecule has 2 aliphatic rings. The van der Waals surface area contributed by atoms with E-state index in [-0.39, 0.29) is 6.10 Å². The van der Waals surface area contributed by atoms with Gasteiger partial charge in [0.1, 0.15) is 0 Å². The fourth-order valence-corrected chi connectivity index (χ4v) is 5.80. The molecule has 4 heterocycles. The van der Waals surface area contributed by atoms with Crippen molar-refractivity contribution in [1.29, 1.82) is 0 Å². The van der Waals surface area contributed by atoms with E-state index in [0.717, 1.165) is 90.5 Å². The number of hydrogen-bond donors (Lipinski definition) is 2. The van der Waals surface area contributed by atoms with Crippen LogP contribution in [0.3, 0.4) is 0 Å². The number of methoxy groups -OCH3 is 1. The van der Waals surface area contributed by atoms with Gasteiger partial charge in [-0.1, -0.05) is 24.3 Å². The van der Waals surface area contributed by atoms with Crippen LogP contribution in [-0.4, -0.2) is 93.2 Å². The van der Waals surface area contributed by atoms with Gasteiger partial charge in [0.25, 0.3) is 0 Å². The Labute approximate surface area is 257 Å². The summed E-state index contributed by atoms with van der Waals surface area (Å²) in [6, 6.07) is 10.3. The molecule has 0 bridgehead atoms. The van der Waals surface area contributed by atoms with Crippen molar-refractivity contribution in [3.05, 3.63) is 65.7 Å². The molecule has 4 aromatic rings. The van der Waals surface area contributed by atoms with Crippen LogP contribution in [0.5, 0.6) is 0 Å². The maximum atomic E-state index is 6.02. The first-order valence-electron chi connectivity index (χ1n) is 15.1.